The van der Waals surface area contributed by atoms with Crippen LogP contribution >= 0.6 is 35.3 Å². The summed E-state index contributed by atoms with van der Waals surface area (Å²) in [5.41, 5.74) is 2.13. The van der Waals surface area contributed by atoms with Crippen LogP contribution in [0.5, 0.6) is 0 Å². The van der Waals surface area contributed by atoms with E-state index in [0.717, 1.165) is 34.3 Å². The van der Waals surface area contributed by atoms with Gasteiger partial charge >= 0.3 is 0 Å². The SMILES string of the molecule is CCNC(=NCc1nccc2ccccc12)NCc1nc(C(C)C)cs1.I. The standard InChI is InChI=1S/C20H25N5S.HI/c1-4-21-20(24-12-19-25-18(13-26-19)14(2)3)23-11-17-16-8-6-5-7-15(16)9-10-22-17;/h5-10,13-14H,4,11-12H2,1-3H3,(H2,21,23,24);1H. The normalized spacial score (nSPS) is 11.5. The molecule has 144 valence electrons. The molecule has 5 nitrogen and oxygen atoms in total. The number of aliphatic imine (C=N–C) groups is 1. The zero-order valence-electron chi connectivity index (χ0n) is 15.9. The Balaban J connectivity index is 0.00000261. The molecule has 0 atom stereocenters. The quantitative estimate of drug-likeness (QED) is 0.296. The van der Waals surface area contributed by atoms with Crippen molar-refractivity contribution in [3.8, 4) is 0 Å². The summed E-state index contributed by atoms with van der Waals surface area (Å²) >= 11 is 1.69. The van der Waals surface area contributed by atoms with Crippen LogP contribution in [-0.4, -0.2) is 22.5 Å². The number of benzene rings is 1. The lowest BCUT2D eigenvalue weighted by atomic mass is 10.1. The van der Waals surface area contributed by atoms with Crippen LogP contribution in [0.25, 0.3) is 10.8 Å². The lowest BCUT2D eigenvalue weighted by Gasteiger charge is -2.10. The van der Waals surface area contributed by atoms with Crippen molar-refractivity contribution in [1.82, 2.24) is 20.6 Å². The molecule has 2 N–H and O–H groups in total. The van der Waals surface area contributed by atoms with E-state index in [0.29, 0.717) is 19.0 Å². The summed E-state index contributed by atoms with van der Waals surface area (Å²) in [5.74, 6) is 1.24. The minimum Gasteiger partial charge on any atom is -0.357 e. The van der Waals surface area contributed by atoms with Crippen molar-refractivity contribution in [3.05, 3.63) is 58.3 Å². The summed E-state index contributed by atoms with van der Waals surface area (Å²) in [4.78, 5) is 13.9. The Morgan fingerprint density at radius 1 is 1.19 bits per heavy atom. The Labute approximate surface area is 181 Å². The minimum absolute atomic E-state index is 0. The molecule has 0 radical (unpaired) electrons. The average molecular weight is 495 g/mol. The maximum Gasteiger partial charge on any atom is 0.191 e. The van der Waals surface area contributed by atoms with Crippen LogP contribution in [0.1, 0.15) is 43.1 Å². The van der Waals surface area contributed by atoms with Crippen molar-refractivity contribution < 1.29 is 0 Å². The first-order valence-electron chi connectivity index (χ1n) is 8.96. The first-order chi connectivity index (χ1) is 12.7. The molecule has 0 saturated heterocycles. The predicted octanol–water partition coefficient (Wildman–Crippen LogP) is 4.69. The fraction of sp³-hybridized carbons (Fsp3) is 0.350. The zero-order valence-corrected chi connectivity index (χ0v) is 19.0. The number of hydrogen-bond acceptors (Lipinski definition) is 4. The van der Waals surface area contributed by atoms with Crippen LogP contribution in [0.2, 0.25) is 0 Å². The number of pyridine rings is 1. The van der Waals surface area contributed by atoms with Crippen LogP contribution in [0, 0.1) is 0 Å². The van der Waals surface area contributed by atoms with Crippen LogP contribution < -0.4 is 10.6 Å². The van der Waals surface area contributed by atoms with Gasteiger partial charge < -0.3 is 10.6 Å². The number of fused-ring (bicyclic) bond motifs is 1. The molecular weight excluding hydrogens is 469 g/mol. The largest absolute Gasteiger partial charge is 0.357 e. The van der Waals surface area contributed by atoms with Gasteiger partial charge in [-0.1, -0.05) is 38.1 Å². The van der Waals surface area contributed by atoms with Crippen molar-refractivity contribution in [2.45, 2.75) is 39.8 Å². The van der Waals surface area contributed by atoms with E-state index in [1.807, 2.05) is 24.4 Å². The van der Waals surface area contributed by atoms with Gasteiger partial charge in [-0.05, 0) is 24.3 Å². The number of nitrogens with zero attached hydrogens (tertiary/aromatic N) is 3. The average Bonchev–Trinajstić information content (AvgIpc) is 3.13. The smallest absolute Gasteiger partial charge is 0.191 e. The third-order valence-corrected chi connectivity index (χ3v) is 4.92. The molecule has 0 saturated carbocycles. The monoisotopic (exact) mass is 495 g/mol. The topological polar surface area (TPSA) is 62.2 Å². The molecule has 0 spiro atoms. The molecule has 0 fully saturated rings. The molecule has 1 aromatic carbocycles. The van der Waals surface area contributed by atoms with E-state index in [-0.39, 0.29) is 24.0 Å². The number of hydrogen-bond donors (Lipinski definition) is 2. The molecule has 0 bridgehead atoms. The summed E-state index contributed by atoms with van der Waals surface area (Å²) in [6.07, 6.45) is 1.84. The van der Waals surface area contributed by atoms with Crippen LogP contribution in [0.4, 0.5) is 0 Å². The minimum atomic E-state index is 0. The van der Waals surface area contributed by atoms with E-state index in [4.69, 9.17) is 4.99 Å². The van der Waals surface area contributed by atoms with E-state index >= 15 is 0 Å². The Hall–Kier alpha value is -1.74. The van der Waals surface area contributed by atoms with Gasteiger partial charge in [0.15, 0.2) is 5.96 Å². The van der Waals surface area contributed by atoms with E-state index in [2.05, 4.69) is 58.9 Å². The van der Waals surface area contributed by atoms with Gasteiger partial charge in [0.05, 0.1) is 24.5 Å². The van der Waals surface area contributed by atoms with Gasteiger partial charge in [-0.2, -0.15) is 0 Å². The van der Waals surface area contributed by atoms with Crippen molar-refractivity contribution in [1.29, 1.82) is 0 Å². The fourth-order valence-electron chi connectivity index (χ4n) is 2.63. The van der Waals surface area contributed by atoms with Gasteiger partial charge in [0, 0.05) is 23.5 Å². The van der Waals surface area contributed by atoms with Gasteiger partial charge in [-0.25, -0.2) is 9.98 Å². The van der Waals surface area contributed by atoms with Crippen molar-refractivity contribution >= 4 is 52.0 Å². The number of rotatable bonds is 6. The van der Waals surface area contributed by atoms with Gasteiger partial charge in [0.2, 0.25) is 0 Å². The van der Waals surface area contributed by atoms with Crippen molar-refractivity contribution in [2.75, 3.05) is 6.54 Å². The first kappa shape index (κ1) is 21.6. The highest BCUT2D eigenvalue weighted by molar-refractivity contribution is 14.0. The second-order valence-electron chi connectivity index (χ2n) is 6.35. The first-order valence-corrected chi connectivity index (χ1v) is 9.84. The Morgan fingerprint density at radius 3 is 2.74 bits per heavy atom. The summed E-state index contributed by atoms with van der Waals surface area (Å²) in [5, 5.41) is 12.2. The lowest BCUT2D eigenvalue weighted by molar-refractivity contribution is 0.787. The van der Waals surface area contributed by atoms with Crippen molar-refractivity contribution in [2.24, 2.45) is 4.99 Å². The highest BCUT2D eigenvalue weighted by atomic mass is 127. The van der Waals surface area contributed by atoms with Crippen LogP contribution in [0.3, 0.4) is 0 Å². The third-order valence-electron chi connectivity index (χ3n) is 4.06. The summed E-state index contributed by atoms with van der Waals surface area (Å²) < 4.78 is 0. The Bertz CT molecular complexity index is 885. The second kappa shape index (κ2) is 10.6. The van der Waals surface area contributed by atoms with Gasteiger partial charge in [-0.3, -0.25) is 4.98 Å². The second-order valence-corrected chi connectivity index (χ2v) is 7.29. The highest BCUT2D eigenvalue weighted by Crippen LogP contribution is 2.18. The third kappa shape index (κ3) is 5.87. The predicted molar refractivity (Wildman–Crippen MR) is 125 cm³/mol. The number of halogens is 1. The van der Waals surface area contributed by atoms with E-state index in [9.17, 15) is 0 Å². The van der Waals surface area contributed by atoms with E-state index in [1.165, 1.54) is 5.39 Å². The summed E-state index contributed by atoms with van der Waals surface area (Å²) in [7, 11) is 0. The Kier molecular flexibility index (Phi) is 8.43. The van der Waals surface area contributed by atoms with Gasteiger partial charge in [0.25, 0.3) is 0 Å². The Morgan fingerprint density at radius 2 is 2.00 bits per heavy atom. The number of thiazole rings is 1. The molecule has 0 aliphatic carbocycles. The number of nitrogens with one attached hydrogen (secondary N) is 2. The molecule has 0 aliphatic heterocycles. The molecule has 0 amide bonds. The molecule has 7 heteroatoms. The molecule has 3 aromatic rings. The zero-order chi connectivity index (χ0) is 18.4. The summed E-state index contributed by atoms with van der Waals surface area (Å²) in [6.45, 7) is 8.40. The molecular formula is C20H26IN5S. The summed E-state index contributed by atoms with van der Waals surface area (Å²) in [6, 6.07) is 10.3. The molecule has 3 rings (SSSR count). The van der Waals surface area contributed by atoms with E-state index in [1.54, 1.807) is 11.3 Å². The van der Waals surface area contributed by atoms with Gasteiger partial charge in [-0.15, -0.1) is 35.3 Å². The van der Waals surface area contributed by atoms with Crippen LogP contribution in [0.15, 0.2) is 46.9 Å². The lowest BCUT2D eigenvalue weighted by Crippen LogP contribution is -2.36. The maximum atomic E-state index is 4.70. The molecule has 0 aliphatic rings. The highest BCUT2D eigenvalue weighted by Gasteiger charge is 2.07. The van der Waals surface area contributed by atoms with Crippen LogP contribution in [-0.2, 0) is 13.1 Å². The maximum absolute atomic E-state index is 4.70. The number of guanidine groups is 1. The fourth-order valence-corrected chi connectivity index (χ4v) is 3.53. The number of aromatic nitrogens is 2. The van der Waals surface area contributed by atoms with E-state index < -0.39 is 0 Å². The molecule has 2 aromatic heterocycles. The molecule has 0 unspecified atom stereocenters. The van der Waals surface area contributed by atoms with Gasteiger partial charge in [0.1, 0.15) is 5.01 Å². The van der Waals surface area contributed by atoms with Crippen molar-refractivity contribution in [3.63, 3.8) is 0 Å². The molecule has 27 heavy (non-hydrogen) atoms. The molecule has 2 heterocycles.